The molecule has 1 aliphatic heterocycles. The van der Waals surface area contributed by atoms with E-state index in [0.29, 0.717) is 0 Å². The van der Waals surface area contributed by atoms with Crippen LogP contribution in [0.1, 0.15) is 32.6 Å². The smallest absolute Gasteiger partial charge is 0.184 e. The van der Waals surface area contributed by atoms with Crippen molar-refractivity contribution in [2.75, 3.05) is 6.61 Å². The van der Waals surface area contributed by atoms with Crippen molar-refractivity contribution in [3.8, 4) is 0 Å². The average Bonchev–Trinajstić information content (AvgIpc) is 2.23. The molecular formula is C13H18O2. The van der Waals surface area contributed by atoms with E-state index in [1.54, 1.807) is 0 Å². The molecule has 1 heterocycles. The van der Waals surface area contributed by atoms with Gasteiger partial charge in [0.1, 0.15) is 0 Å². The fourth-order valence-corrected chi connectivity index (χ4v) is 1.60. The summed E-state index contributed by atoms with van der Waals surface area (Å²) in [6.45, 7) is 7.18. The van der Waals surface area contributed by atoms with Crippen molar-refractivity contribution < 1.29 is 9.47 Å². The minimum absolute atomic E-state index is 0.102. The lowest BCUT2D eigenvalue weighted by Gasteiger charge is -2.40. The second kappa shape index (κ2) is 3.95. The van der Waals surface area contributed by atoms with E-state index < -0.39 is 0 Å². The highest BCUT2D eigenvalue weighted by atomic mass is 16.7. The highest BCUT2D eigenvalue weighted by molar-refractivity contribution is 5.16. The molecule has 0 saturated carbocycles. The van der Waals surface area contributed by atoms with E-state index in [2.05, 4.69) is 20.8 Å². The summed E-state index contributed by atoms with van der Waals surface area (Å²) in [4.78, 5) is 0. The first-order valence-corrected chi connectivity index (χ1v) is 5.41. The van der Waals surface area contributed by atoms with Crippen LogP contribution in [0, 0.1) is 5.41 Å². The number of ether oxygens (including phenoxy) is 2. The second-order valence-corrected chi connectivity index (χ2v) is 4.82. The van der Waals surface area contributed by atoms with Gasteiger partial charge in [-0.1, -0.05) is 44.2 Å². The molecule has 0 spiro atoms. The van der Waals surface area contributed by atoms with Crippen LogP contribution < -0.4 is 0 Å². The zero-order valence-corrected chi connectivity index (χ0v) is 9.57. The van der Waals surface area contributed by atoms with Crippen LogP contribution >= 0.6 is 0 Å². The third-order valence-corrected chi connectivity index (χ3v) is 3.11. The first-order valence-electron chi connectivity index (χ1n) is 5.41. The number of hydrogen-bond acceptors (Lipinski definition) is 2. The SMILES string of the molecule is C[C@H]1O[C@@H](c2ccccc2)OCC1(C)C. The summed E-state index contributed by atoms with van der Waals surface area (Å²) in [5, 5.41) is 0. The molecule has 0 N–H and O–H groups in total. The number of benzene rings is 1. The summed E-state index contributed by atoms with van der Waals surface area (Å²) >= 11 is 0. The quantitative estimate of drug-likeness (QED) is 0.702. The first kappa shape index (κ1) is 10.7. The van der Waals surface area contributed by atoms with Crippen molar-refractivity contribution >= 4 is 0 Å². The number of rotatable bonds is 1. The Morgan fingerprint density at radius 1 is 1.20 bits per heavy atom. The molecule has 2 atom stereocenters. The Morgan fingerprint density at radius 2 is 1.87 bits per heavy atom. The lowest BCUT2D eigenvalue weighted by molar-refractivity contribution is -0.259. The minimum Gasteiger partial charge on any atom is -0.348 e. The van der Waals surface area contributed by atoms with Crippen LogP contribution in [0.2, 0.25) is 0 Å². The summed E-state index contributed by atoms with van der Waals surface area (Å²) in [5.74, 6) is 0. The van der Waals surface area contributed by atoms with Gasteiger partial charge in [-0.05, 0) is 6.92 Å². The average molecular weight is 206 g/mol. The summed E-state index contributed by atoms with van der Waals surface area (Å²) in [6.07, 6.45) is 0.0191. The molecule has 0 aromatic heterocycles. The Kier molecular flexibility index (Phi) is 2.81. The molecule has 0 aliphatic carbocycles. The summed E-state index contributed by atoms with van der Waals surface area (Å²) < 4.78 is 11.6. The molecule has 0 radical (unpaired) electrons. The largest absolute Gasteiger partial charge is 0.348 e. The standard InChI is InChI=1S/C13H18O2/c1-10-13(2,3)9-14-12(15-10)11-7-5-4-6-8-11/h4-8,10,12H,9H2,1-3H3/t10-,12+/m1/s1. The van der Waals surface area contributed by atoms with Gasteiger partial charge < -0.3 is 9.47 Å². The van der Waals surface area contributed by atoms with Crippen LogP contribution in [0.15, 0.2) is 30.3 Å². The summed E-state index contributed by atoms with van der Waals surface area (Å²) in [5.41, 5.74) is 1.20. The highest BCUT2D eigenvalue weighted by Gasteiger charge is 2.35. The lowest BCUT2D eigenvalue weighted by atomic mass is 9.87. The Bertz CT molecular complexity index is 319. The van der Waals surface area contributed by atoms with Crippen LogP contribution in [0.4, 0.5) is 0 Å². The molecule has 1 aromatic carbocycles. The maximum absolute atomic E-state index is 5.87. The van der Waals surface area contributed by atoms with Gasteiger partial charge in [-0.2, -0.15) is 0 Å². The normalized spacial score (nSPS) is 30.1. The van der Waals surface area contributed by atoms with Gasteiger partial charge in [-0.3, -0.25) is 0 Å². The monoisotopic (exact) mass is 206 g/mol. The van der Waals surface area contributed by atoms with Crippen molar-refractivity contribution in [2.24, 2.45) is 5.41 Å². The molecule has 0 bridgehead atoms. The Hall–Kier alpha value is -0.860. The topological polar surface area (TPSA) is 18.5 Å². The molecular weight excluding hydrogens is 188 g/mol. The molecule has 1 fully saturated rings. The second-order valence-electron chi connectivity index (χ2n) is 4.82. The van der Waals surface area contributed by atoms with Crippen molar-refractivity contribution in [1.82, 2.24) is 0 Å². The van der Waals surface area contributed by atoms with Crippen LogP contribution in [0.5, 0.6) is 0 Å². The fourth-order valence-electron chi connectivity index (χ4n) is 1.60. The maximum atomic E-state index is 5.87. The maximum Gasteiger partial charge on any atom is 0.184 e. The van der Waals surface area contributed by atoms with Crippen molar-refractivity contribution in [3.05, 3.63) is 35.9 Å². The molecule has 1 aliphatic rings. The van der Waals surface area contributed by atoms with Gasteiger partial charge in [0, 0.05) is 11.0 Å². The third kappa shape index (κ3) is 2.21. The molecule has 0 unspecified atom stereocenters. The zero-order valence-electron chi connectivity index (χ0n) is 9.57. The van der Waals surface area contributed by atoms with Gasteiger partial charge in [0.15, 0.2) is 6.29 Å². The zero-order chi connectivity index (χ0) is 10.9. The van der Waals surface area contributed by atoms with E-state index in [0.717, 1.165) is 12.2 Å². The van der Waals surface area contributed by atoms with Gasteiger partial charge in [0.25, 0.3) is 0 Å². The summed E-state index contributed by atoms with van der Waals surface area (Å²) in [7, 11) is 0. The molecule has 82 valence electrons. The van der Waals surface area contributed by atoms with E-state index in [4.69, 9.17) is 9.47 Å². The Balaban J connectivity index is 2.10. The van der Waals surface area contributed by atoms with E-state index >= 15 is 0 Å². The van der Waals surface area contributed by atoms with Gasteiger partial charge in [0.2, 0.25) is 0 Å². The lowest BCUT2D eigenvalue weighted by Crippen LogP contribution is -2.40. The van der Waals surface area contributed by atoms with E-state index in [9.17, 15) is 0 Å². The van der Waals surface area contributed by atoms with Crippen LogP contribution in [-0.4, -0.2) is 12.7 Å². The highest BCUT2D eigenvalue weighted by Crippen LogP contribution is 2.35. The minimum atomic E-state index is -0.200. The van der Waals surface area contributed by atoms with Gasteiger partial charge in [-0.15, -0.1) is 0 Å². The van der Waals surface area contributed by atoms with Gasteiger partial charge >= 0.3 is 0 Å². The van der Waals surface area contributed by atoms with E-state index in [1.165, 1.54) is 0 Å². The molecule has 2 nitrogen and oxygen atoms in total. The van der Waals surface area contributed by atoms with Crippen LogP contribution in [-0.2, 0) is 9.47 Å². The molecule has 2 heteroatoms. The molecule has 15 heavy (non-hydrogen) atoms. The first-order chi connectivity index (χ1) is 7.09. The third-order valence-electron chi connectivity index (χ3n) is 3.11. The molecule has 2 rings (SSSR count). The van der Waals surface area contributed by atoms with Crippen molar-refractivity contribution in [3.63, 3.8) is 0 Å². The van der Waals surface area contributed by atoms with E-state index in [1.807, 2.05) is 30.3 Å². The molecule has 0 amide bonds. The Morgan fingerprint density at radius 3 is 2.47 bits per heavy atom. The van der Waals surface area contributed by atoms with Crippen molar-refractivity contribution in [2.45, 2.75) is 33.2 Å². The van der Waals surface area contributed by atoms with Crippen LogP contribution in [0.3, 0.4) is 0 Å². The summed E-state index contributed by atoms with van der Waals surface area (Å²) in [6, 6.07) is 10.1. The Labute approximate surface area is 91.2 Å². The predicted molar refractivity (Wildman–Crippen MR) is 59.5 cm³/mol. The van der Waals surface area contributed by atoms with Gasteiger partial charge in [-0.25, -0.2) is 0 Å². The molecule has 1 aromatic rings. The number of hydrogen-bond donors (Lipinski definition) is 0. The van der Waals surface area contributed by atoms with Gasteiger partial charge in [0.05, 0.1) is 12.7 Å². The fraction of sp³-hybridized carbons (Fsp3) is 0.538. The molecule has 1 saturated heterocycles. The van der Waals surface area contributed by atoms with Crippen molar-refractivity contribution in [1.29, 1.82) is 0 Å². The van der Waals surface area contributed by atoms with Crippen LogP contribution in [0.25, 0.3) is 0 Å². The predicted octanol–water partition coefficient (Wildman–Crippen LogP) is 3.15. The van der Waals surface area contributed by atoms with E-state index in [-0.39, 0.29) is 17.8 Å².